The van der Waals surface area contributed by atoms with Gasteiger partial charge in [-0.15, -0.1) is 5.10 Å². The third-order valence-electron chi connectivity index (χ3n) is 5.12. The number of aromatic nitrogens is 3. The summed E-state index contributed by atoms with van der Waals surface area (Å²) in [6.45, 7) is 3.41. The Morgan fingerprint density at radius 2 is 1.88 bits per heavy atom. The molecule has 1 aliphatic rings. The molecular weight excluding hydrogens is 472 g/mol. The summed E-state index contributed by atoms with van der Waals surface area (Å²) in [6.07, 6.45) is -0.561. The van der Waals surface area contributed by atoms with Crippen LogP contribution in [0.4, 0.5) is 0 Å². The summed E-state index contributed by atoms with van der Waals surface area (Å²) in [5.74, 6) is -0.839. The van der Waals surface area contributed by atoms with Crippen molar-refractivity contribution in [1.82, 2.24) is 19.3 Å². The lowest BCUT2D eigenvalue weighted by atomic mass is 10.2. The molecule has 1 aromatic heterocycles. The molecule has 0 N–H and O–H groups in total. The van der Waals surface area contributed by atoms with Crippen LogP contribution in [0.5, 0.6) is 0 Å². The van der Waals surface area contributed by atoms with Crippen LogP contribution in [-0.4, -0.2) is 59.0 Å². The number of sulfonamides is 1. The van der Waals surface area contributed by atoms with E-state index in [1.165, 1.54) is 22.5 Å². The molecule has 0 amide bonds. The SMILES string of the molecule is CC1CN(S(=O)(=O)c2cc(C(=O)OCn3nnc4ccccc4c3=O)ccc2Cl)CC(C)O1. The molecule has 33 heavy (non-hydrogen) atoms. The van der Waals surface area contributed by atoms with Gasteiger partial charge >= 0.3 is 5.97 Å². The van der Waals surface area contributed by atoms with Crippen molar-refractivity contribution in [3.05, 3.63) is 63.4 Å². The maximum absolute atomic E-state index is 13.2. The number of nitrogens with zero attached hydrogens (tertiary/aromatic N) is 4. The van der Waals surface area contributed by atoms with Gasteiger partial charge in [-0.1, -0.05) is 28.9 Å². The van der Waals surface area contributed by atoms with Crippen molar-refractivity contribution in [2.24, 2.45) is 0 Å². The molecule has 0 bridgehead atoms. The average Bonchev–Trinajstić information content (AvgIpc) is 2.78. The van der Waals surface area contributed by atoms with Crippen LogP contribution in [-0.2, 0) is 26.2 Å². The van der Waals surface area contributed by atoms with Crippen LogP contribution in [0.3, 0.4) is 0 Å². The predicted molar refractivity (Wildman–Crippen MR) is 119 cm³/mol. The summed E-state index contributed by atoms with van der Waals surface area (Å²) in [4.78, 5) is 24.9. The minimum absolute atomic E-state index is 0.0186. The number of benzene rings is 2. The molecule has 3 aromatic rings. The third-order valence-corrected chi connectivity index (χ3v) is 7.43. The van der Waals surface area contributed by atoms with Gasteiger partial charge in [-0.05, 0) is 44.2 Å². The number of carbonyl (C=O) groups excluding carboxylic acids is 1. The standard InChI is InChI=1S/C21H21ClN4O6S/c1-13-10-25(11-14(2)32-13)33(29,30)19-9-15(7-8-17(19)22)21(28)31-12-26-20(27)16-5-3-4-6-18(16)23-24-26/h3-9,13-14H,10-12H2,1-2H3. The summed E-state index contributed by atoms with van der Waals surface area (Å²) in [6, 6.07) is 10.5. The molecule has 1 fully saturated rings. The first kappa shape index (κ1) is 23.3. The van der Waals surface area contributed by atoms with Crippen LogP contribution in [0.1, 0.15) is 24.2 Å². The molecule has 0 radical (unpaired) electrons. The van der Waals surface area contributed by atoms with Crippen molar-refractivity contribution in [2.45, 2.75) is 37.7 Å². The van der Waals surface area contributed by atoms with Crippen LogP contribution in [0.25, 0.3) is 10.9 Å². The molecule has 12 heteroatoms. The van der Waals surface area contributed by atoms with Crippen LogP contribution in [0.2, 0.25) is 5.02 Å². The van der Waals surface area contributed by atoms with Gasteiger partial charge in [0.1, 0.15) is 10.4 Å². The fraction of sp³-hybridized carbons (Fsp3) is 0.333. The van der Waals surface area contributed by atoms with Crippen molar-refractivity contribution < 1.29 is 22.7 Å². The van der Waals surface area contributed by atoms with Crippen molar-refractivity contribution in [3.8, 4) is 0 Å². The van der Waals surface area contributed by atoms with Crippen molar-refractivity contribution >= 4 is 38.5 Å². The molecule has 1 saturated heterocycles. The van der Waals surface area contributed by atoms with Crippen molar-refractivity contribution in [2.75, 3.05) is 13.1 Å². The summed E-state index contributed by atoms with van der Waals surface area (Å²) in [7, 11) is -3.98. The van der Waals surface area contributed by atoms with Gasteiger partial charge in [0.2, 0.25) is 10.0 Å². The van der Waals surface area contributed by atoms with Gasteiger partial charge in [-0.2, -0.15) is 8.99 Å². The molecule has 1 aliphatic heterocycles. The van der Waals surface area contributed by atoms with E-state index in [1.807, 2.05) is 0 Å². The Bertz CT molecular complexity index is 1370. The first-order valence-electron chi connectivity index (χ1n) is 10.1. The van der Waals surface area contributed by atoms with Crippen LogP contribution in [0.15, 0.2) is 52.2 Å². The molecule has 2 unspecified atom stereocenters. The lowest BCUT2D eigenvalue weighted by molar-refractivity contribution is -0.0440. The van der Waals surface area contributed by atoms with E-state index in [0.29, 0.717) is 10.9 Å². The molecule has 2 aromatic carbocycles. The normalized spacial score (nSPS) is 19.5. The highest BCUT2D eigenvalue weighted by Gasteiger charge is 2.34. The zero-order chi connectivity index (χ0) is 23.8. The van der Waals surface area contributed by atoms with Gasteiger partial charge in [0.15, 0.2) is 6.73 Å². The number of halogens is 1. The lowest BCUT2D eigenvalue weighted by Crippen LogP contribution is -2.48. The van der Waals surface area contributed by atoms with Gasteiger partial charge in [0.25, 0.3) is 5.56 Å². The summed E-state index contributed by atoms with van der Waals surface area (Å²) in [5.41, 5.74) is -0.0816. The highest BCUT2D eigenvalue weighted by molar-refractivity contribution is 7.89. The predicted octanol–water partition coefficient (Wildman–Crippen LogP) is 2.06. The monoisotopic (exact) mass is 492 g/mol. The second-order valence-electron chi connectivity index (χ2n) is 7.70. The fourth-order valence-electron chi connectivity index (χ4n) is 3.61. The third kappa shape index (κ3) is 4.76. The molecule has 2 atom stereocenters. The Morgan fingerprint density at radius 1 is 1.18 bits per heavy atom. The number of esters is 1. The molecular formula is C21H21ClN4O6S. The van der Waals surface area contributed by atoms with Crippen LogP contribution in [0, 0.1) is 0 Å². The Balaban J connectivity index is 1.56. The number of carbonyl (C=O) groups is 1. The number of hydrogen-bond acceptors (Lipinski definition) is 8. The smallest absolute Gasteiger partial charge is 0.339 e. The van der Waals surface area contributed by atoms with Crippen LogP contribution >= 0.6 is 11.6 Å². The average molecular weight is 493 g/mol. The van der Waals surface area contributed by atoms with E-state index < -0.39 is 28.3 Å². The number of rotatable bonds is 5. The first-order valence-corrected chi connectivity index (χ1v) is 11.9. The molecule has 174 valence electrons. The van der Waals surface area contributed by atoms with E-state index in [1.54, 1.807) is 38.1 Å². The molecule has 10 nitrogen and oxygen atoms in total. The maximum Gasteiger partial charge on any atom is 0.339 e. The van der Waals surface area contributed by atoms with Crippen molar-refractivity contribution in [1.29, 1.82) is 0 Å². The second kappa shape index (κ2) is 9.18. The Kier molecular flexibility index (Phi) is 6.48. The number of fused-ring (bicyclic) bond motifs is 1. The summed E-state index contributed by atoms with van der Waals surface area (Å²) >= 11 is 6.17. The first-order chi connectivity index (χ1) is 15.7. The van der Waals surface area contributed by atoms with E-state index in [0.717, 1.165) is 4.68 Å². The lowest BCUT2D eigenvalue weighted by Gasteiger charge is -2.34. The van der Waals surface area contributed by atoms with Crippen LogP contribution < -0.4 is 5.56 Å². The largest absolute Gasteiger partial charge is 0.439 e. The minimum atomic E-state index is -3.98. The molecule has 0 spiro atoms. The quantitative estimate of drug-likeness (QED) is 0.496. The highest BCUT2D eigenvalue weighted by atomic mass is 35.5. The zero-order valence-electron chi connectivity index (χ0n) is 17.8. The van der Waals surface area contributed by atoms with Gasteiger partial charge < -0.3 is 9.47 Å². The summed E-state index contributed by atoms with van der Waals surface area (Å²) < 4.78 is 39.4. The van der Waals surface area contributed by atoms with Gasteiger partial charge in [0, 0.05) is 13.1 Å². The summed E-state index contributed by atoms with van der Waals surface area (Å²) in [5, 5.41) is 8.00. The fourth-order valence-corrected chi connectivity index (χ4v) is 5.70. The number of hydrogen-bond donors (Lipinski definition) is 0. The highest BCUT2D eigenvalue weighted by Crippen LogP contribution is 2.28. The zero-order valence-corrected chi connectivity index (χ0v) is 19.4. The van der Waals surface area contributed by atoms with E-state index in [2.05, 4.69) is 10.3 Å². The molecule has 0 aliphatic carbocycles. The maximum atomic E-state index is 13.2. The minimum Gasteiger partial charge on any atom is -0.439 e. The van der Waals surface area contributed by atoms with E-state index in [-0.39, 0.29) is 40.8 Å². The number of morpholine rings is 1. The Hall–Kier alpha value is -2.86. The van der Waals surface area contributed by atoms with Gasteiger partial charge in [-0.3, -0.25) is 4.79 Å². The molecule has 4 rings (SSSR count). The topological polar surface area (TPSA) is 121 Å². The number of ether oxygens (including phenoxy) is 2. The second-order valence-corrected chi connectivity index (χ2v) is 10.0. The van der Waals surface area contributed by atoms with Gasteiger partial charge in [-0.25, -0.2) is 13.2 Å². The molecule has 2 heterocycles. The Labute approximate surface area is 194 Å². The Morgan fingerprint density at radius 3 is 2.61 bits per heavy atom. The van der Waals surface area contributed by atoms with E-state index in [9.17, 15) is 18.0 Å². The van der Waals surface area contributed by atoms with E-state index >= 15 is 0 Å². The van der Waals surface area contributed by atoms with Crippen molar-refractivity contribution in [3.63, 3.8) is 0 Å². The molecule has 0 saturated carbocycles. The van der Waals surface area contributed by atoms with Gasteiger partial charge in [0.05, 0.1) is 28.2 Å². The van der Waals surface area contributed by atoms with E-state index in [4.69, 9.17) is 21.1 Å².